The van der Waals surface area contributed by atoms with Crippen molar-refractivity contribution >= 4 is 12.2 Å². The zero-order valence-electron chi connectivity index (χ0n) is 27.4. The average molecular weight is 637 g/mol. The van der Waals surface area contributed by atoms with Crippen molar-refractivity contribution in [3.05, 3.63) is 71.8 Å². The predicted octanol–water partition coefficient (Wildman–Crippen LogP) is 6.57. The van der Waals surface area contributed by atoms with Gasteiger partial charge in [-0.05, 0) is 79.7 Å². The van der Waals surface area contributed by atoms with E-state index in [2.05, 4.69) is 6.92 Å². The molecule has 9 nitrogen and oxygen atoms in total. The third-order valence-electron chi connectivity index (χ3n) is 10.2. The highest BCUT2D eigenvalue weighted by molar-refractivity contribution is 5.68. The fourth-order valence-corrected chi connectivity index (χ4v) is 7.32. The van der Waals surface area contributed by atoms with Crippen molar-refractivity contribution in [2.24, 2.45) is 10.8 Å². The molecular formula is C37H52N2O7. The van der Waals surface area contributed by atoms with Gasteiger partial charge in [-0.25, -0.2) is 9.59 Å². The number of carbonyl (C=O) groups excluding carboxylic acids is 2. The van der Waals surface area contributed by atoms with Crippen LogP contribution >= 0.6 is 0 Å². The Labute approximate surface area is 274 Å². The number of benzene rings is 2. The fourth-order valence-electron chi connectivity index (χ4n) is 7.32. The lowest BCUT2D eigenvalue weighted by Gasteiger charge is -2.51. The molecule has 1 N–H and O–H groups in total. The highest BCUT2D eigenvalue weighted by atomic mass is 16.6. The molecule has 0 bridgehead atoms. The van der Waals surface area contributed by atoms with Gasteiger partial charge in [0.05, 0.1) is 25.4 Å². The number of rotatable bonds is 10. The summed E-state index contributed by atoms with van der Waals surface area (Å²) < 4.78 is 22.2. The Balaban J connectivity index is 0.000000181. The number of aliphatic hydroxyl groups excluding tert-OH is 1. The summed E-state index contributed by atoms with van der Waals surface area (Å²) in [6.45, 7) is 7.38. The SMILES string of the molecule is CCCOC1CC2(CCN(C(=O)OCc3ccccc3)CC2)C1.O=C(OCc1ccccc1)N1CCC2(CC1)CC(OCCO)C2. The number of hydrogen-bond acceptors (Lipinski definition) is 7. The van der Waals surface area contributed by atoms with E-state index in [-0.39, 0.29) is 18.8 Å². The first-order valence-corrected chi connectivity index (χ1v) is 17.2. The van der Waals surface area contributed by atoms with E-state index < -0.39 is 0 Å². The zero-order chi connectivity index (χ0) is 32.2. The lowest BCUT2D eigenvalue weighted by atomic mass is 9.61. The Bertz CT molecular complexity index is 1100. The largest absolute Gasteiger partial charge is 0.445 e. The Kier molecular flexibility index (Phi) is 12.4. The molecular weight excluding hydrogens is 584 g/mol. The van der Waals surface area contributed by atoms with Crippen molar-refractivity contribution in [2.75, 3.05) is 46.0 Å². The molecule has 2 aliphatic heterocycles. The summed E-state index contributed by atoms with van der Waals surface area (Å²) in [7, 11) is 0. The van der Waals surface area contributed by atoms with Gasteiger partial charge in [0.2, 0.25) is 0 Å². The minimum Gasteiger partial charge on any atom is -0.445 e. The van der Waals surface area contributed by atoms with Crippen molar-refractivity contribution in [3.63, 3.8) is 0 Å². The minimum atomic E-state index is -0.212. The van der Waals surface area contributed by atoms with Gasteiger partial charge >= 0.3 is 12.2 Å². The molecule has 0 aromatic heterocycles. The maximum Gasteiger partial charge on any atom is 0.410 e. The van der Waals surface area contributed by atoms with Gasteiger partial charge in [0, 0.05) is 32.8 Å². The maximum absolute atomic E-state index is 12.2. The fraction of sp³-hybridized carbons (Fsp3) is 0.622. The van der Waals surface area contributed by atoms with Crippen molar-refractivity contribution in [1.29, 1.82) is 0 Å². The Hall–Kier alpha value is -3.14. The Morgan fingerprint density at radius 2 is 1.07 bits per heavy atom. The molecule has 0 unspecified atom stereocenters. The molecule has 0 radical (unpaired) electrons. The van der Waals surface area contributed by atoms with E-state index in [1.807, 2.05) is 70.5 Å². The van der Waals surface area contributed by atoms with Gasteiger partial charge in [0.15, 0.2) is 0 Å². The summed E-state index contributed by atoms with van der Waals surface area (Å²) in [5.41, 5.74) is 2.81. The quantitative estimate of drug-likeness (QED) is 0.315. The van der Waals surface area contributed by atoms with Gasteiger partial charge in [-0.2, -0.15) is 0 Å². The van der Waals surface area contributed by atoms with Crippen LogP contribution in [0.3, 0.4) is 0 Å². The molecule has 46 heavy (non-hydrogen) atoms. The topological polar surface area (TPSA) is 97.8 Å². The molecule has 4 fully saturated rings. The first-order valence-electron chi connectivity index (χ1n) is 17.2. The number of likely N-dealkylation sites (tertiary alicyclic amines) is 2. The van der Waals surface area contributed by atoms with E-state index in [4.69, 9.17) is 24.1 Å². The van der Waals surface area contributed by atoms with Gasteiger partial charge < -0.3 is 33.9 Å². The van der Waals surface area contributed by atoms with Gasteiger partial charge in [0.25, 0.3) is 0 Å². The number of nitrogens with zero attached hydrogens (tertiary/aromatic N) is 2. The maximum atomic E-state index is 12.2. The summed E-state index contributed by atoms with van der Waals surface area (Å²) in [4.78, 5) is 28.0. The monoisotopic (exact) mass is 636 g/mol. The van der Waals surface area contributed by atoms with Gasteiger partial charge in [-0.3, -0.25) is 0 Å². The molecule has 0 atom stereocenters. The molecule has 6 rings (SSSR count). The van der Waals surface area contributed by atoms with Crippen LogP contribution in [0.15, 0.2) is 60.7 Å². The highest BCUT2D eigenvalue weighted by Gasteiger charge is 2.48. The van der Waals surface area contributed by atoms with Gasteiger partial charge in [0.1, 0.15) is 13.2 Å². The van der Waals surface area contributed by atoms with Crippen LogP contribution in [-0.4, -0.2) is 85.3 Å². The summed E-state index contributed by atoms with van der Waals surface area (Å²) in [6, 6.07) is 19.6. The van der Waals surface area contributed by atoms with E-state index >= 15 is 0 Å². The Morgan fingerprint density at radius 3 is 1.43 bits per heavy atom. The van der Waals surface area contributed by atoms with E-state index in [9.17, 15) is 9.59 Å². The van der Waals surface area contributed by atoms with Crippen LogP contribution in [0.2, 0.25) is 0 Å². The molecule has 2 spiro atoms. The summed E-state index contributed by atoms with van der Waals surface area (Å²) in [5.74, 6) is 0. The molecule has 2 aromatic carbocycles. The number of amides is 2. The summed E-state index contributed by atoms with van der Waals surface area (Å²) in [5, 5.41) is 8.78. The second kappa shape index (κ2) is 16.6. The highest BCUT2D eigenvalue weighted by Crippen LogP contribution is 2.51. The zero-order valence-corrected chi connectivity index (χ0v) is 27.4. The van der Waals surface area contributed by atoms with Gasteiger partial charge in [-0.15, -0.1) is 0 Å². The van der Waals surface area contributed by atoms with E-state index in [0.29, 0.717) is 42.9 Å². The minimum absolute atomic E-state index is 0.0878. The molecule has 2 heterocycles. The molecule has 2 aromatic rings. The molecule has 2 saturated carbocycles. The van der Waals surface area contributed by atoms with E-state index in [1.54, 1.807) is 0 Å². The summed E-state index contributed by atoms with van der Waals surface area (Å²) >= 11 is 0. The van der Waals surface area contributed by atoms with Crippen LogP contribution in [0.5, 0.6) is 0 Å². The number of hydrogen-bond donors (Lipinski definition) is 1. The number of aliphatic hydroxyl groups is 1. The van der Waals surface area contributed by atoms with Crippen LogP contribution in [0.4, 0.5) is 9.59 Å². The molecule has 2 amide bonds. The third kappa shape index (κ3) is 9.46. The second-order valence-corrected chi connectivity index (χ2v) is 13.6. The normalized spacial score (nSPS) is 20.3. The second-order valence-electron chi connectivity index (χ2n) is 13.6. The van der Waals surface area contributed by atoms with Crippen molar-refractivity contribution < 1.29 is 33.6 Å². The van der Waals surface area contributed by atoms with Crippen LogP contribution in [0.1, 0.15) is 75.8 Å². The first-order chi connectivity index (χ1) is 22.4. The third-order valence-corrected chi connectivity index (χ3v) is 10.2. The van der Waals surface area contributed by atoms with Crippen molar-refractivity contribution in [1.82, 2.24) is 9.80 Å². The predicted molar refractivity (Wildman–Crippen MR) is 175 cm³/mol. The number of carbonyl (C=O) groups is 2. The summed E-state index contributed by atoms with van der Waals surface area (Å²) in [6.07, 6.45) is 10.1. The van der Waals surface area contributed by atoms with E-state index in [0.717, 1.165) is 88.9 Å². The smallest absolute Gasteiger partial charge is 0.410 e. The molecule has 2 aliphatic carbocycles. The van der Waals surface area contributed by atoms with Crippen LogP contribution in [-0.2, 0) is 32.2 Å². The lowest BCUT2D eigenvalue weighted by Crippen LogP contribution is -2.51. The molecule has 4 aliphatic rings. The Morgan fingerprint density at radius 1 is 0.674 bits per heavy atom. The van der Waals surface area contributed by atoms with E-state index in [1.165, 1.54) is 12.8 Å². The molecule has 2 saturated heterocycles. The van der Waals surface area contributed by atoms with Crippen molar-refractivity contribution in [2.45, 2.75) is 90.1 Å². The van der Waals surface area contributed by atoms with Crippen LogP contribution < -0.4 is 0 Å². The first kappa shape index (κ1) is 34.2. The standard InChI is InChI=1S/C19H27NO3.C18H25NO4/c1-2-12-22-17-13-19(14-17)8-10-20(11-9-19)18(21)23-15-16-6-4-3-5-7-16;20-10-11-22-16-12-18(13-16)6-8-19(9-7-18)17(21)23-14-15-4-2-1-3-5-15/h3-7,17H,2,8-15H2,1H3;1-5,16,20H,6-14H2. The molecule has 252 valence electrons. The average Bonchev–Trinajstić information content (AvgIpc) is 3.07. The number of ether oxygens (including phenoxy) is 4. The van der Waals surface area contributed by atoms with Crippen LogP contribution in [0, 0.1) is 10.8 Å². The van der Waals surface area contributed by atoms with Crippen molar-refractivity contribution in [3.8, 4) is 0 Å². The number of piperidine rings is 2. The van der Waals surface area contributed by atoms with Gasteiger partial charge in [-0.1, -0.05) is 67.6 Å². The van der Waals surface area contributed by atoms with Crippen LogP contribution in [0.25, 0.3) is 0 Å². The lowest BCUT2D eigenvalue weighted by molar-refractivity contribution is -0.108. The molecule has 9 heteroatoms.